The van der Waals surface area contributed by atoms with Gasteiger partial charge in [-0.3, -0.25) is 0 Å². The molecule has 0 heterocycles. The molecule has 0 spiro atoms. The average Bonchev–Trinajstić information content (AvgIpc) is 2.55. The van der Waals surface area contributed by atoms with Crippen LogP contribution < -0.4 is 0 Å². The van der Waals surface area contributed by atoms with Crippen molar-refractivity contribution in [1.82, 2.24) is 4.31 Å². The van der Waals surface area contributed by atoms with Crippen LogP contribution in [0.1, 0.15) is 34.5 Å². The fourth-order valence-electron chi connectivity index (χ4n) is 2.22. The normalized spacial score (nSPS) is 12.9. The molecule has 0 radical (unpaired) electrons. The Balaban J connectivity index is 2.28. The van der Waals surface area contributed by atoms with Gasteiger partial charge in [-0.15, -0.1) is 0 Å². The topological polar surface area (TPSA) is 63.7 Å². The number of aryl methyl sites for hydroxylation is 1. The second-order valence-corrected chi connectivity index (χ2v) is 8.02. The average molecular weight is 365 g/mol. The van der Waals surface area contributed by atoms with E-state index in [9.17, 15) is 17.6 Å². The Morgan fingerprint density at radius 3 is 2.28 bits per heavy atom. The van der Waals surface area contributed by atoms with Gasteiger partial charge in [0, 0.05) is 14.1 Å². The van der Waals surface area contributed by atoms with E-state index in [0.717, 1.165) is 4.31 Å². The lowest BCUT2D eigenvalue weighted by molar-refractivity contribution is 0.0336. The van der Waals surface area contributed by atoms with Crippen molar-refractivity contribution in [2.24, 2.45) is 0 Å². The molecule has 134 valence electrons. The smallest absolute Gasteiger partial charge is 0.339 e. The maximum Gasteiger partial charge on any atom is 0.339 e. The molecule has 0 aliphatic rings. The highest BCUT2D eigenvalue weighted by atomic mass is 32.2. The third kappa shape index (κ3) is 4.24. The molecule has 2 rings (SSSR count). The van der Waals surface area contributed by atoms with E-state index >= 15 is 0 Å². The van der Waals surface area contributed by atoms with Crippen molar-refractivity contribution < 1.29 is 22.3 Å². The van der Waals surface area contributed by atoms with Crippen LogP contribution in [0.25, 0.3) is 0 Å². The number of hydrogen-bond acceptors (Lipinski definition) is 4. The first-order valence-electron chi connectivity index (χ1n) is 7.62. The van der Waals surface area contributed by atoms with Crippen LogP contribution in [0.5, 0.6) is 0 Å². The summed E-state index contributed by atoms with van der Waals surface area (Å²) in [6.45, 7) is 3.37. The molecule has 2 aromatic carbocycles. The molecule has 1 atom stereocenters. The third-order valence-electron chi connectivity index (χ3n) is 3.83. The summed E-state index contributed by atoms with van der Waals surface area (Å²) < 4.78 is 43.9. The zero-order valence-electron chi connectivity index (χ0n) is 14.5. The van der Waals surface area contributed by atoms with E-state index in [-0.39, 0.29) is 16.3 Å². The third-order valence-corrected chi connectivity index (χ3v) is 5.64. The van der Waals surface area contributed by atoms with Gasteiger partial charge in [0.25, 0.3) is 0 Å². The lowest BCUT2D eigenvalue weighted by Crippen LogP contribution is -2.22. The Bertz CT molecular complexity index is 876. The minimum absolute atomic E-state index is 0.0180. The molecule has 0 aliphatic carbocycles. The van der Waals surface area contributed by atoms with Crippen LogP contribution in [-0.2, 0) is 14.8 Å². The van der Waals surface area contributed by atoms with E-state index in [0.29, 0.717) is 11.1 Å². The molecule has 0 aromatic heterocycles. The van der Waals surface area contributed by atoms with Gasteiger partial charge in [-0.1, -0.05) is 18.2 Å². The van der Waals surface area contributed by atoms with Crippen molar-refractivity contribution >= 4 is 16.0 Å². The Morgan fingerprint density at radius 1 is 1.12 bits per heavy atom. The summed E-state index contributed by atoms with van der Waals surface area (Å²) in [6.07, 6.45) is -0.596. The number of sulfonamides is 1. The fourth-order valence-corrected chi connectivity index (χ4v) is 3.15. The van der Waals surface area contributed by atoms with Gasteiger partial charge in [0.1, 0.15) is 11.9 Å². The molecular formula is C18H20FNO4S. The highest BCUT2D eigenvalue weighted by molar-refractivity contribution is 7.89. The Kier molecular flexibility index (Phi) is 5.59. The van der Waals surface area contributed by atoms with E-state index in [1.807, 2.05) is 0 Å². The predicted molar refractivity (Wildman–Crippen MR) is 92.3 cm³/mol. The van der Waals surface area contributed by atoms with Gasteiger partial charge >= 0.3 is 5.97 Å². The van der Waals surface area contributed by atoms with Crippen LogP contribution >= 0.6 is 0 Å². The first-order valence-corrected chi connectivity index (χ1v) is 9.06. The molecule has 0 fully saturated rings. The molecule has 0 saturated carbocycles. The van der Waals surface area contributed by atoms with Crippen molar-refractivity contribution in [3.63, 3.8) is 0 Å². The number of rotatable bonds is 5. The van der Waals surface area contributed by atoms with Gasteiger partial charge in [-0.2, -0.15) is 0 Å². The van der Waals surface area contributed by atoms with Crippen LogP contribution in [0.3, 0.4) is 0 Å². The first-order chi connectivity index (χ1) is 11.6. The lowest BCUT2D eigenvalue weighted by atomic mass is 10.1. The van der Waals surface area contributed by atoms with E-state index in [1.165, 1.54) is 50.5 Å². The second-order valence-electron chi connectivity index (χ2n) is 5.86. The van der Waals surface area contributed by atoms with Gasteiger partial charge < -0.3 is 4.74 Å². The number of benzene rings is 2. The van der Waals surface area contributed by atoms with Gasteiger partial charge in [0.05, 0.1) is 10.5 Å². The summed E-state index contributed by atoms with van der Waals surface area (Å²) in [7, 11) is -0.810. The molecule has 5 nitrogen and oxygen atoms in total. The summed E-state index contributed by atoms with van der Waals surface area (Å²) in [5.74, 6) is -1.01. The lowest BCUT2D eigenvalue weighted by Gasteiger charge is -2.16. The van der Waals surface area contributed by atoms with Crippen molar-refractivity contribution in [1.29, 1.82) is 0 Å². The number of nitrogens with zero attached hydrogens (tertiary/aromatic N) is 1. The van der Waals surface area contributed by atoms with Crippen LogP contribution in [0, 0.1) is 12.7 Å². The Morgan fingerprint density at radius 2 is 1.72 bits per heavy atom. The molecule has 0 bridgehead atoms. The van der Waals surface area contributed by atoms with Gasteiger partial charge in [-0.25, -0.2) is 21.9 Å². The highest BCUT2D eigenvalue weighted by Crippen LogP contribution is 2.23. The molecule has 2 aromatic rings. The molecule has 0 amide bonds. The predicted octanol–water partition coefficient (Wildman–Crippen LogP) is 3.30. The van der Waals surface area contributed by atoms with Gasteiger partial charge in [-0.05, 0) is 49.2 Å². The molecule has 1 unspecified atom stereocenters. The fraction of sp³-hybridized carbons (Fsp3) is 0.278. The number of ether oxygens (including phenoxy) is 1. The second kappa shape index (κ2) is 7.33. The number of esters is 1. The summed E-state index contributed by atoms with van der Waals surface area (Å²) in [5, 5.41) is 0. The largest absolute Gasteiger partial charge is 0.454 e. The maximum atomic E-state index is 13.0. The number of halogens is 1. The van der Waals surface area contributed by atoms with Crippen LogP contribution in [0.15, 0.2) is 47.4 Å². The minimum Gasteiger partial charge on any atom is -0.454 e. The zero-order valence-corrected chi connectivity index (χ0v) is 15.3. The number of carbonyl (C=O) groups is 1. The molecule has 0 saturated heterocycles. The monoisotopic (exact) mass is 365 g/mol. The molecule has 0 N–H and O–H groups in total. The van der Waals surface area contributed by atoms with E-state index in [1.54, 1.807) is 19.9 Å². The standard InChI is InChI=1S/C18H20FNO4S/c1-12-5-10-16(25(22,23)20(3)4)11-17(12)18(21)24-13(2)14-6-8-15(19)9-7-14/h5-11,13H,1-4H3. The summed E-state index contributed by atoms with van der Waals surface area (Å²) in [5.41, 5.74) is 1.43. The minimum atomic E-state index is -3.65. The van der Waals surface area contributed by atoms with Crippen molar-refractivity contribution in [3.8, 4) is 0 Å². The van der Waals surface area contributed by atoms with Crippen molar-refractivity contribution in [2.75, 3.05) is 14.1 Å². The first kappa shape index (κ1) is 19.1. The summed E-state index contributed by atoms with van der Waals surface area (Å²) in [6, 6.07) is 9.97. The van der Waals surface area contributed by atoms with Crippen molar-refractivity contribution in [2.45, 2.75) is 24.8 Å². The number of carbonyl (C=O) groups excluding carboxylic acids is 1. The quantitative estimate of drug-likeness (QED) is 0.763. The van der Waals surface area contributed by atoms with Gasteiger partial charge in [0.15, 0.2) is 0 Å². The zero-order chi connectivity index (χ0) is 18.8. The summed E-state index contributed by atoms with van der Waals surface area (Å²) >= 11 is 0. The van der Waals surface area contributed by atoms with Crippen LogP contribution in [0.2, 0.25) is 0 Å². The van der Waals surface area contributed by atoms with Crippen molar-refractivity contribution in [3.05, 3.63) is 65.0 Å². The van der Waals surface area contributed by atoms with Gasteiger partial charge in [0.2, 0.25) is 10.0 Å². The maximum absolute atomic E-state index is 13.0. The number of hydrogen-bond donors (Lipinski definition) is 0. The molecular weight excluding hydrogens is 345 g/mol. The Labute approximate surface area is 147 Å². The van der Waals surface area contributed by atoms with E-state index in [4.69, 9.17) is 4.74 Å². The highest BCUT2D eigenvalue weighted by Gasteiger charge is 2.22. The SMILES string of the molecule is Cc1ccc(S(=O)(=O)N(C)C)cc1C(=O)OC(C)c1ccc(F)cc1. The van der Waals surface area contributed by atoms with E-state index in [2.05, 4.69) is 0 Å². The summed E-state index contributed by atoms with van der Waals surface area (Å²) in [4.78, 5) is 12.5. The van der Waals surface area contributed by atoms with Crippen LogP contribution in [0.4, 0.5) is 4.39 Å². The Hall–Kier alpha value is -2.25. The van der Waals surface area contributed by atoms with Crippen LogP contribution in [-0.4, -0.2) is 32.8 Å². The molecule has 7 heteroatoms. The van der Waals surface area contributed by atoms with E-state index < -0.39 is 22.1 Å². The molecule has 25 heavy (non-hydrogen) atoms. The molecule has 0 aliphatic heterocycles.